The van der Waals surface area contributed by atoms with Crippen LogP contribution in [0.1, 0.15) is 47.8 Å². The average molecular weight is 497 g/mol. The third kappa shape index (κ3) is 7.03. The zero-order valence-electron chi connectivity index (χ0n) is 20.1. The van der Waals surface area contributed by atoms with Crippen molar-refractivity contribution in [1.29, 1.82) is 0 Å². The number of hydrogen-bond acceptors (Lipinski definition) is 3. The van der Waals surface area contributed by atoms with E-state index in [4.69, 9.17) is 0 Å². The molecule has 0 saturated heterocycles. The molecule has 0 bridgehead atoms. The third-order valence-corrected chi connectivity index (χ3v) is 6.15. The molecule has 0 fully saturated rings. The van der Waals surface area contributed by atoms with E-state index in [2.05, 4.69) is 21.6 Å². The summed E-state index contributed by atoms with van der Waals surface area (Å²) in [5, 5.41) is 1.39. The van der Waals surface area contributed by atoms with Crippen molar-refractivity contribution >= 4 is 10.8 Å². The van der Waals surface area contributed by atoms with Gasteiger partial charge in [0.05, 0.1) is 0 Å². The second kappa shape index (κ2) is 11.5. The molecule has 0 amide bonds. The molecule has 4 rings (SSSR count). The van der Waals surface area contributed by atoms with Crippen LogP contribution in [0.3, 0.4) is 0 Å². The summed E-state index contributed by atoms with van der Waals surface area (Å²) >= 11 is 0. The van der Waals surface area contributed by atoms with Crippen LogP contribution in [0.25, 0.3) is 10.8 Å². The minimum atomic E-state index is -4.72. The van der Waals surface area contributed by atoms with Crippen LogP contribution < -0.4 is 4.74 Å². The van der Waals surface area contributed by atoms with Gasteiger partial charge in [-0.05, 0) is 71.9 Å². The molecule has 0 atom stereocenters. The molecular formula is C29H28F4N2O. The molecule has 0 saturated carbocycles. The Kier molecular flexibility index (Phi) is 8.18. The number of alkyl halides is 3. The third-order valence-electron chi connectivity index (χ3n) is 6.15. The van der Waals surface area contributed by atoms with E-state index in [1.54, 1.807) is 18.2 Å². The first-order chi connectivity index (χ1) is 17.3. The smallest absolute Gasteiger partial charge is 0.406 e. The molecule has 4 aromatic rings. The topological polar surface area (TPSA) is 35.0 Å². The Morgan fingerprint density at radius 2 is 1.44 bits per heavy atom. The highest BCUT2D eigenvalue weighted by molar-refractivity contribution is 5.84. The van der Waals surface area contributed by atoms with Gasteiger partial charge in [0.15, 0.2) is 0 Å². The maximum Gasteiger partial charge on any atom is 0.573 e. The van der Waals surface area contributed by atoms with Crippen LogP contribution in [0, 0.1) is 5.82 Å². The molecule has 7 heteroatoms. The van der Waals surface area contributed by atoms with Gasteiger partial charge in [-0.1, -0.05) is 55.8 Å². The van der Waals surface area contributed by atoms with Crippen molar-refractivity contribution < 1.29 is 22.3 Å². The van der Waals surface area contributed by atoms with Crippen molar-refractivity contribution in [2.45, 2.75) is 58.2 Å². The van der Waals surface area contributed by atoms with Crippen molar-refractivity contribution in [2.24, 2.45) is 0 Å². The minimum Gasteiger partial charge on any atom is -0.406 e. The molecule has 0 radical (unpaired) electrons. The summed E-state index contributed by atoms with van der Waals surface area (Å²) in [5.41, 5.74) is 3.63. The summed E-state index contributed by atoms with van der Waals surface area (Å²) in [6.45, 7) is 2.16. The van der Waals surface area contributed by atoms with Gasteiger partial charge in [-0.3, -0.25) is 0 Å². The number of ether oxygens (including phenoxy) is 1. The van der Waals surface area contributed by atoms with Gasteiger partial charge in [0.25, 0.3) is 0 Å². The number of aromatic nitrogens is 2. The number of rotatable bonds is 10. The SMILES string of the molecule is CCCCc1cnc(CCc2ccc3c(F)c(CCc4ccc(OC(F)(F)F)cc4)ccc3c2)nc1. The first-order valence-corrected chi connectivity index (χ1v) is 12.2. The molecule has 0 aliphatic heterocycles. The second-order valence-corrected chi connectivity index (χ2v) is 8.90. The Hall–Kier alpha value is -3.48. The Balaban J connectivity index is 1.36. The lowest BCUT2D eigenvalue weighted by atomic mass is 9.98. The molecule has 0 aliphatic rings. The molecule has 36 heavy (non-hydrogen) atoms. The van der Waals surface area contributed by atoms with Crippen LogP contribution in [-0.4, -0.2) is 16.3 Å². The van der Waals surface area contributed by atoms with Crippen molar-refractivity contribution in [3.05, 3.63) is 101 Å². The molecule has 0 unspecified atom stereocenters. The van der Waals surface area contributed by atoms with Gasteiger partial charge < -0.3 is 4.74 Å². The van der Waals surface area contributed by atoms with Crippen LogP contribution >= 0.6 is 0 Å². The Bertz CT molecular complexity index is 1290. The first-order valence-electron chi connectivity index (χ1n) is 12.2. The van der Waals surface area contributed by atoms with E-state index in [9.17, 15) is 13.2 Å². The predicted molar refractivity (Wildman–Crippen MR) is 132 cm³/mol. The summed E-state index contributed by atoms with van der Waals surface area (Å²) in [5.74, 6) is 0.270. The van der Waals surface area contributed by atoms with Gasteiger partial charge in [0.1, 0.15) is 17.4 Å². The van der Waals surface area contributed by atoms with Gasteiger partial charge in [-0.15, -0.1) is 13.2 Å². The van der Waals surface area contributed by atoms with Gasteiger partial charge >= 0.3 is 6.36 Å². The molecule has 3 nitrogen and oxygen atoms in total. The standard InChI is InChI=1S/C29H28F4N2O/c1-2-3-4-22-18-34-27(35-19-22)16-9-21-8-15-26-24(17-21)12-11-23(28(26)30)10-5-20-6-13-25(14-7-20)36-29(31,32)33/h6-8,11-15,17-19H,2-5,9-10,16H2,1H3. The fourth-order valence-corrected chi connectivity index (χ4v) is 4.15. The normalized spacial score (nSPS) is 11.7. The minimum absolute atomic E-state index is 0.262. The van der Waals surface area contributed by atoms with E-state index in [1.807, 2.05) is 36.7 Å². The van der Waals surface area contributed by atoms with E-state index < -0.39 is 6.36 Å². The molecule has 0 spiro atoms. The first kappa shape index (κ1) is 25.6. The Morgan fingerprint density at radius 1 is 0.750 bits per heavy atom. The number of benzene rings is 3. The van der Waals surface area contributed by atoms with Crippen molar-refractivity contribution in [2.75, 3.05) is 0 Å². The average Bonchev–Trinajstić information content (AvgIpc) is 2.86. The van der Waals surface area contributed by atoms with Gasteiger partial charge in [0, 0.05) is 24.2 Å². The van der Waals surface area contributed by atoms with Crippen LogP contribution in [-0.2, 0) is 32.1 Å². The maximum absolute atomic E-state index is 15.2. The lowest BCUT2D eigenvalue weighted by Crippen LogP contribution is -2.17. The Morgan fingerprint density at radius 3 is 2.14 bits per heavy atom. The highest BCUT2D eigenvalue weighted by Gasteiger charge is 2.30. The summed E-state index contributed by atoms with van der Waals surface area (Å²) in [6.07, 6.45) is 4.78. The number of fused-ring (bicyclic) bond motifs is 1. The van der Waals surface area contributed by atoms with Gasteiger partial charge in [-0.25, -0.2) is 14.4 Å². The quantitative estimate of drug-likeness (QED) is 0.212. The molecular weight excluding hydrogens is 468 g/mol. The van der Waals surface area contributed by atoms with Crippen molar-refractivity contribution in [3.63, 3.8) is 0 Å². The number of aryl methyl sites for hydroxylation is 5. The van der Waals surface area contributed by atoms with Crippen LogP contribution in [0.4, 0.5) is 17.6 Å². The van der Waals surface area contributed by atoms with E-state index in [1.165, 1.54) is 12.1 Å². The molecule has 0 N–H and O–H groups in total. The second-order valence-electron chi connectivity index (χ2n) is 8.90. The van der Waals surface area contributed by atoms with E-state index in [0.29, 0.717) is 30.2 Å². The number of halogens is 4. The Labute approximate surface area is 208 Å². The van der Waals surface area contributed by atoms with Gasteiger partial charge in [0.2, 0.25) is 0 Å². The largest absolute Gasteiger partial charge is 0.573 e. The lowest BCUT2D eigenvalue weighted by Gasteiger charge is -2.10. The summed E-state index contributed by atoms with van der Waals surface area (Å²) in [4.78, 5) is 8.94. The number of unbranched alkanes of at least 4 members (excludes halogenated alkanes) is 1. The summed E-state index contributed by atoms with van der Waals surface area (Å²) in [6, 6.07) is 15.1. The lowest BCUT2D eigenvalue weighted by molar-refractivity contribution is -0.274. The zero-order valence-corrected chi connectivity index (χ0v) is 20.1. The highest BCUT2D eigenvalue weighted by Crippen LogP contribution is 2.26. The number of nitrogens with zero attached hydrogens (tertiary/aromatic N) is 2. The fraction of sp³-hybridized carbons (Fsp3) is 0.310. The van der Waals surface area contributed by atoms with Crippen LogP contribution in [0.15, 0.2) is 67.0 Å². The molecule has 3 aromatic carbocycles. The number of hydrogen-bond donors (Lipinski definition) is 0. The summed E-state index contributed by atoms with van der Waals surface area (Å²) < 4.78 is 56.0. The predicted octanol–water partition coefficient (Wildman–Crippen LogP) is 7.58. The van der Waals surface area contributed by atoms with Crippen LogP contribution in [0.5, 0.6) is 5.75 Å². The van der Waals surface area contributed by atoms with E-state index in [-0.39, 0.29) is 11.6 Å². The van der Waals surface area contributed by atoms with Crippen LogP contribution in [0.2, 0.25) is 0 Å². The summed E-state index contributed by atoms with van der Waals surface area (Å²) in [7, 11) is 0. The maximum atomic E-state index is 15.2. The fourth-order valence-electron chi connectivity index (χ4n) is 4.15. The molecule has 188 valence electrons. The van der Waals surface area contributed by atoms with E-state index >= 15 is 4.39 Å². The highest BCUT2D eigenvalue weighted by atomic mass is 19.4. The van der Waals surface area contributed by atoms with E-state index in [0.717, 1.165) is 53.6 Å². The van der Waals surface area contributed by atoms with Crippen molar-refractivity contribution in [3.8, 4) is 5.75 Å². The monoisotopic (exact) mass is 496 g/mol. The van der Waals surface area contributed by atoms with Crippen molar-refractivity contribution in [1.82, 2.24) is 9.97 Å². The molecule has 1 aromatic heterocycles. The molecule has 1 heterocycles. The molecule has 0 aliphatic carbocycles. The zero-order chi connectivity index (χ0) is 25.5. The van der Waals surface area contributed by atoms with Gasteiger partial charge in [-0.2, -0.15) is 0 Å².